The van der Waals surface area contributed by atoms with E-state index in [0.717, 1.165) is 24.9 Å². The van der Waals surface area contributed by atoms with Crippen LogP contribution in [0.5, 0.6) is 0 Å². The van der Waals surface area contributed by atoms with Gasteiger partial charge in [-0.1, -0.05) is 6.07 Å². The number of nitrogens with zero attached hydrogens (tertiary/aromatic N) is 1. The minimum absolute atomic E-state index is 0.0867. The lowest BCUT2D eigenvalue weighted by atomic mass is 10.2. The molecule has 1 aliphatic heterocycles. The van der Waals surface area contributed by atoms with E-state index < -0.39 is 10.0 Å². The number of pyridine rings is 1. The topological polar surface area (TPSA) is 71.1 Å². The van der Waals surface area contributed by atoms with Crippen molar-refractivity contribution in [2.24, 2.45) is 0 Å². The quantitative estimate of drug-likeness (QED) is 0.830. The molecule has 1 aromatic rings. The molecule has 2 N–H and O–H groups in total. The minimum Gasteiger partial charge on any atom is -0.313 e. The van der Waals surface area contributed by atoms with Gasteiger partial charge in [0.05, 0.1) is 5.75 Å². The molecule has 0 bridgehead atoms. The van der Waals surface area contributed by atoms with E-state index in [1.807, 2.05) is 13.0 Å². The highest BCUT2D eigenvalue weighted by Crippen LogP contribution is 2.13. The fourth-order valence-electron chi connectivity index (χ4n) is 2.18. The number of hydrogen-bond acceptors (Lipinski definition) is 4. The lowest BCUT2D eigenvalue weighted by molar-refractivity contribution is 0.551. The molecule has 0 aromatic carbocycles. The average Bonchev–Trinajstić information content (AvgIpc) is 2.81. The van der Waals surface area contributed by atoms with Crippen molar-refractivity contribution in [3.63, 3.8) is 0 Å². The Balaban J connectivity index is 1.95. The molecule has 0 aliphatic carbocycles. The van der Waals surface area contributed by atoms with Crippen LogP contribution in [0.2, 0.25) is 0 Å². The second-order valence-corrected chi connectivity index (χ2v) is 6.50. The zero-order chi connectivity index (χ0) is 13.0. The van der Waals surface area contributed by atoms with Crippen LogP contribution in [0.3, 0.4) is 0 Å². The second kappa shape index (κ2) is 5.77. The standard InChI is InChI=1S/C12H19N3O2S/c1-10(11-4-2-6-13-8-11)15-18(16,17)9-12-5-3-7-14-12/h2,4,6,8,10,12,14-15H,3,5,7,9H2,1H3. The monoisotopic (exact) mass is 269 g/mol. The molecule has 18 heavy (non-hydrogen) atoms. The molecule has 6 heteroatoms. The Morgan fingerprint density at radius 3 is 3.06 bits per heavy atom. The Kier molecular flexibility index (Phi) is 4.31. The molecule has 0 amide bonds. The lowest BCUT2D eigenvalue weighted by Crippen LogP contribution is -2.37. The minimum atomic E-state index is -3.25. The predicted octanol–water partition coefficient (Wildman–Crippen LogP) is 0.814. The van der Waals surface area contributed by atoms with Crippen LogP contribution in [0.4, 0.5) is 0 Å². The van der Waals surface area contributed by atoms with Crippen LogP contribution < -0.4 is 10.0 Å². The highest BCUT2D eigenvalue weighted by Gasteiger charge is 2.23. The first-order valence-electron chi connectivity index (χ1n) is 6.20. The highest BCUT2D eigenvalue weighted by molar-refractivity contribution is 7.89. The molecule has 1 saturated heterocycles. The van der Waals surface area contributed by atoms with Crippen LogP contribution in [-0.4, -0.2) is 31.7 Å². The van der Waals surface area contributed by atoms with Gasteiger partial charge in [0.25, 0.3) is 0 Å². The predicted molar refractivity (Wildman–Crippen MR) is 70.6 cm³/mol. The van der Waals surface area contributed by atoms with Crippen molar-refractivity contribution in [2.45, 2.75) is 31.8 Å². The van der Waals surface area contributed by atoms with Crippen LogP contribution in [0, 0.1) is 0 Å². The van der Waals surface area contributed by atoms with Gasteiger partial charge < -0.3 is 5.32 Å². The van der Waals surface area contributed by atoms with E-state index in [9.17, 15) is 8.42 Å². The summed E-state index contributed by atoms with van der Waals surface area (Å²) in [5.41, 5.74) is 0.875. The zero-order valence-corrected chi connectivity index (χ0v) is 11.3. The van der Waals surface area contributed by atoms with Crippen molar-refractivity contribution in [1.29, 1.82) is 0 Å². The van der Waals surface area contributed by atoms with E-state index in [2.05, 4.69) is 15.0 Å². The first-order chi connectivity index (χ1) is 8.57. The Hall–Kier alpha value is -0.980. The molecular weight excluding hydrogens is 250 g/mol. The van der Waals surface area contributed by atoms with Gasteiger partial charge in [-0.3, -0.25) is 4.98 Å². The Morgan fingerprint density at radius 1 is 1.61 bits per heavy atom. The van der Waals surface area contributed by atoms with E-state index >= 15 is 0 Å². The summed E-state index contributed by atoms with van der Waals surface area (Å²) in [6, 6.07) is 3.51. The summed E-state index contributed by atoms with van der Waals surface area (Å²) >= 11 is 0. The normalized spacial score (nSPS) is 21.9. The maximum Gasteiger partial charge on any atom is 0.213 e. The molecule has 100 valence electrons. The molecule has 1 aliphatic rings. The van der Waals surface area contributed by atoms with Crippen molar-refractivity contribution >= 4 is 10.0 Å². The number of nitrogens with one attached hydrogen (secondary N) is 2. The first kappa shape index (κ1) is 13.5. The fourth-order valence-corrected chi connectivity index (χ4v) is 3.77. The third-order valence-corrected chi connectivity index (χ3v) is 4.68. The van der Waals surface area contributed by atoms with Crippen LogP contribution in [0.15, 0.2) is 24.5 Å². The number of sulfonamides is 1. The fraction of sp³-hybridized carbons (Fsp3) is 0.583. The number of hydrogen-bond donors (Lipinski definition) is 2. The molecule has 1 fully saturated rings. The highest BCUT2D eigenvalue weighted by atomic mass is 32.2. The smallest absolute Gasteiger partial charge is 0.213 e. The van der Waals surface area contributed by atoms with Gasteiger partial charge in [-0.25, -0.2) is 13.1 Å². The summed E-state index contributed by atoms with van der Waals surface area (Å²) < 4.78 is 26.7. The van der Waals surface area contributed by atoms with E-state index in [1.54, 1.807) is 18.5 Å². The third-order valence-electron chi connectivity index (χ3n) is 3.12. The Labute approximate surface area is 108 Å². The summed E-state index contributed by atoms with van der Waals surface area (Å²) in [6.07, 6.45) is 5.34. The molecule has 0 radical (unpaired) electrons. The van der Waals surface area contributed by atoms with E-state index in [0.29, 0.717) is 0 Å². The largest absolute Gasteiger partial charge is 0.313 e. The van der Waals surface area contributed by atoms with Crippen molar-refractivity contribution in [3.8, 4) is 0 Å². The first-order valence-corrected chi connectivity index (χ1v) is 7.85. The van der Waals surface area contributed by atoms with Crippen molar-refractivity contribution in [3.05, 3.63) is 30.1 Å². The summed E-state index contributed by atoms with van der Waals surface area (Å²) in [6.45, 7) is 2.75. The molecule has 2 rings (SSSR count). The van der Waals surface area contributed by atoms with Gasteiger partial charge in [-0.05, 0) is 37.9 Å². The Morgan fingerprint density at radius 2 is 2.44 bits per heavy atom. The van der Waals surface area contributed by atoms with Gasteiger partial charge in [0.2, 0.25) is 10.0 Å². The molecule has 0 saturated carbocycles. The molecule has 2 heterocycles. The van der Waals surface area contributed by atoms with E-state index in [-0.39, 0.29) is 17.8 Å². The molecule has 2 unspecified atom stereocenters. The molecular formula is C12H19N3O2S. The van der Waals surface area contributed by atoms with Gasteiger partial charge in [0.1, 0.15) is 0 Å². The number of aromatic nitrogens is 1. The van der Waals surface area contributed by atoms with Crippen molar-refractivity contribution in [1.82, 2.24) is 15.0 Å². The molecule has 0 spiro atoms. The maximum atomic E-state index is 12.0. The maximum absolute atomic E-state index is 12.0. The SMILES string of the molecule is CC(NS(=O)(=O)CC1CCCN1)c1cccnc1. The van der Waals surface area contributed by atoms with Crippen molar-refractivity contribution < 1.29 is 8.42 Å². The van der Waals surface area contributed by atoms with E-state index in [4.69, 9.17) is 0 Å². The molecule has 2 atom stereocenters. The van der Waals surface area contributed by atoms with Gasteiger partial charge >= 0.3 is 0 Å². The summed E-state index contributed by atoms with van der Waals surface area (Å²) in [5, 5.41) is 3.19. The van der Waals surface area contributed by atoms with Gasteiger partial charge in [-0.15, -0.1) is 0 Å². The van der Waals surface area contributed by atoms with Gasteiger partial charge in [0, 0.05) is 24.5 Å². The molecule has 5 nitrogen and oxygen atoms in total. The average molecular weight is 269 g/mol. The summed E-state index contributed by atoms with van der Waals surface area (Å²) in [7, 11) is -3.25. The summed E-state index contributed by atoms with van der Waals surface area (Å²) in [4.78, 5) is 3.99. The Bertz CT molecular complexity index is 469. The van der Waals surface area contributed by atoms with Crippen LogP contribution >= 0.6 is 0 Å². The summed E-state index contributed by atoms with van der Waals surface area (Å²) in [5.74, 6) is 0.150. The van der Waals surface area contributed by atoms with Crippen LogP contribution in [0.25, 0.3) is 0 Å². The lowest BCUT2D eigenvalue weighted by Gasteiger charge is -2.16. The number of rotatable bonds is 5. The van der Waals surface area contributed by atoms with Gasteiger partial charge in [0.15, 0.2) is 0 Å². The van der Waals surface area contributed by atoms with E-state index in [1.165, 1.54) is 0 Å². The second-order valence-electron chi connectivity index (χ2n) is 4.70. The van der Waals surface area contributed by atoms with Gasteiger partial charge in [-0.2, -0.15) is 0 Å². The van der Waals surface area contributed by atoms with Crippen molar-refractivity contribution in [2.75, 3.05) is 12.3 Å². The zero-order valence-electron chi connectivity index (χ0n) is 10.5. The third kappa shape index (κ3) is 3.76. The molecule has 1 aromatic heterocycles. The van der Waals surface area contributed by atoms with Crippen LogP contribution in [0.1, 0.15) is 31.4 Å². The van der Waals surface area contributed by atoms with Crippen LogP contribution in [-0.2, 0) is 10.0 Å².